The molecular weight excluding hydrogens is 202 g/mol. The third kappa shape index (κ3) is 4.21. The van der Waals surface area contributed by atoms with E-state index in [4.69, 9.17) is 4.74 Å². The number of ether oxygens (including phenoxy) is 1. The zero-order chi connectivity index (χ0) is 12.2. The summed E-state index contributed by atoms with van der Waals surface area (Å²) < 4.78 is 5.53. The Kier molecular flexibility index (Phi) is 4.33. The van der Waals surface area contributed by atoms with Crippen LogP contribution in [-0.2, 0) is 0 Å². The van der Waals surface area contributed by atoms with Crippen molar-refractivity contribution in [1.29, 1.82) is 0 Å². The van der Waals surface area contributed by atoms with Gasteiger partial charge in [0.15, 0.2) is 0 Å². The van der Waals surface area contributed by atoms with Gasteiger partial charge in [0, 0.05) is 6.04 Å². The van der Waals surface area contributed by atoms with E-state index in [0.717, 1.165) is 5.75 Å². The molecule has 0 bridgehead atoms. The van der Waals surface area contributed by atoms with E-state index in [1.807, 2.05) is 25.2 Å². The normalized spacial score (nSPS) is 13.6. The van der Waals surface area contributed by atoms with E-state index in [-0.39, 0.29) is 0 Å². The Morgan fingerprint density at radius 1 is 1.44 bits per heavy atom. The number of hydrogen-bond acceptors (Lipinski definition) is 3. The van der Waals surface area contributed by atoms with Gasteiger partial charge in [0.1, 0.15) is 12.4 Å². The molecule has 0 fully saturated rings. The molecule has 0 spiro atoms. The molecule has 1 aromatic rings. The Balaban J connectivity index is 2.68. The predicted molar refractivity (Wildman–Crippen MR) is 65.7 cm³/mol. The fraction of sp³-hybridized carbons (Fsp3) is 0.538. The lowest BCUT2D eigenvalue weighted by Gasteiger charge is -2.18. The summed E-state index contributed by atoms with van der Waals surface area (Å²) >= 11 is 0. The third-order valence-corrected chi connectivity index (χ3v) is 2.38. The van der Waals surface area contributed by atoms with Gasteiger partial charge in [-0.3, -0.25) is 0 Å². The molecule has 90 valence electrons. The Labute approximate surface area is 97.4 Å². The maximum Gasteiger partial charge on any atom is 0.119 e. The largest absolute Gasteiger partial charge is 0.491 e. The Hall–Kier alpha value is -1.06. The summed E-state index contributed by atoms with van der Waals surface area (Å²) in [6, 6.07) is 8.21. The van der Waals surface area contributed by atoms with Crippen LogP contribution in [0.15, 0.2) is 24.3 Å². The average Bonchev–Trinajstić information content (AvgIpc) is 2.25. The Morgan fingerprint density at radius 3 is 2.69 bits per heavy atom. The van der Waals surface area contributed by atoms with Crippen molar-refractivity contribution in [2.45, 2.75) is 32.4 Å². The fourth-order valence-electron chi connectivity index (χ4n) is 1.30. The topological polar surface area (TPSA) is 41.5 Å². The van der Waals surface area contributed by atoms with Crippen LogP contribution < -0.4 is 10.1 Å². The number of aliphatic hydroxyl groups is 1. The quantitative estimate of drug-likeness (QED) is 0.803. The summed E-state index contributed by atoms with van der Waals surface area (Å²) in [6.07, 6.45) is 0. The zero-order valence-electron chi connectivity index (χ0n) is 10.4. The summed E-state index contributed by atoms with van der Waals surface area (Å²) in [6.45, 7) is 5.85. The maximum atomic E-state index is 9.57. The van der Waals surface area contributed by atoms with Gasteiger partial charge in [-0.05, 0) is 45.5 Å². The molecule has 3 heteroatoms. The highest BCUT2D eigenvalue weighted by Crippen LogP contribution is 2.19. The third-order valence-electron chi connectivity index (χ3n) is 2.38. The molecule has 1 atom stereocenters. The van der Waals surface area contributed by atoms with Crippen LogP contribution in [0.2, 0.25) is 0 Å². The Bertz CT molecular complexity index is 331. The summed E-state index contributed by atoms with van der Waals surface area (Å²) in [7, 11) is 1.93. The lowest BCUT2D eigenvalue weighted by Crippen LogP contribution is -2.27. The second-order valence-electron chi connectivity index (χ2n) is 4.68. The highest BCUT2D eigenvalue weighted by molar-refractivity contribution is 5.30. The predicted octanol–water partition coefficient (Wildman–Crippen LogP) is 2.12. The number of rotatable bonds is 5. The minimum Gasteiger partial charge on any atom is -0.491 e. The van der Waals surface area contributed by atoms with Crippen LogP contribution in [-0.4, -0.2) is 24.4 Å². The number of nitrogens with one attached hydrogen (secondary N) is 1. The summed E-state index contributed by atoms with van der Waals surface area (Å²) in [5.74, 6) is 0.793. The lowest BCUT2D eigenvalue weighted by molar-refractivity contribution is 0.0284. The van der Waals surface area contributed by atoms with E-state index in [9.17, 15) is 5.11 Å². The van der Waals surface area contributed by atoms with E-state index < -0.39 is 5.60 Å². The van der Waals surface area contributed by atoms with E-state index >= 15 is 0 Å². The second kappa shape index (κ2) is 5.32. The van der Waals surface area contributed by atoms with Gasteiger partial charge in [-0.2, -0.15) is 0 Å². The molecule has 0 saturated heterocycles. The summed E-state index contributed by atoms with van der Waals surface area (Å²) in [5.41, 5.74) is 0.376. The van der Waals surface area contributed by atoms with Crippen molar-refractivity contribution in [2.24, 2.45) is 0 Å². The summed E-state index contributed by atoms with van der Waals surface area (Å²) in [5, 5.41) is 12.7. The molecule has 0 radical (unpaired) electrons. The molecule has 0 saturated carbocycles. The molecule has 0 aliphatic carbocycles. The minimum atomic E-state index is -0.801. The van der Waals surface area contributed by atoms with Crippen LogP contribution in [0.5, 0.6) is 5.75 Å². The van der Waals surface area contributed by atoms with Crippen LogP contribution >= 0.6 is 0 Å². The van der Waals surface area contributed by atoms with Gasteiger partial charge in [0.05, 0.1) is 5.60 Å². The first-order chi connectivity index (χ1) is 7.42. The molecular formula is C13H21NO2. The first-order valence-corrected chi connectivity index (χ1v) is 5.55. The SMILES string of the molecule is CNC(C)c1cccc(OCC(C)(C)O)c1. The van der Waals surface area contributed by atoms with Crippen LogP contribution in [0.4, 0.5) is 0 Å². The van der Waals surface area contributed by atoms with Crippen molar-refractivity contribution < 1.29 is 9.84 Å². The molecule has 1 unspecified atom stereocenters. The highest BCUT2D eigenvalue weighted by Gasteiger charge is 2.13. The molecule has 2 N–H and O–H groups in total. The van der Waals surface area contributed by atoms with Gasteiger partial charge in [-0.15, -0.1) is 0 Å². The smallest absolute Gasteiger partial charge is 0.119 e. The van der Waals surface area contributed by atoms with E-state index in [1.165, 1.54) is 5.56 Å². The van der Waals surface area contributed by atoms with Crippen molar-refractivity contribution >= 4 is 0 Å². The van der Waals surface area contributed by atoms with Gasteiger partial charge >= 0.3 is 0 Å². The first-order valence-electron chi connectivity index (χ1n) is 5.55. The van der Waals surface area contributed by atoms with Crippen molar-refractivity contribution in [1.82, 2.24) is 5.32 Å². The number of benzene rings is 1. The standard InChI is InChI=1S/C13H21NO2/c1-10(14-4)11-6-5-7-12(8-11)16-9-13(2,3)15/h5-8,10,14-15H,9H2,1-4H3. The van der Waals surface area contributed by atoms with Crippen LogP contribution in [0.3, 0.4) is 0 Å². The van der Waals surface area contributed by atoms with Gasteiger partial charge in [-0.1, -0.05) is 12.1 Å². The molecule has 0 aliphatic heterocycles. The molecule has 1 rings (SSSR count). The monoisotopic (exact) mass is 223 g/mol. The number of hydrogen-bond donors (Lipinski definition) is 2. The Morgan fingerprint density at radius 2 is 2.12 bits per heavy atom. The molecule has 0 amide bonds. The molecule has 0 aliphatic rings. The average molecular weight is 223 g/mol. The molecule has 0 aromatic heterocycles. The van der Waals surface area contributed by atoms with Gasteiger partial charge < -0.3 is 15.2 Å². The lowest BCUT2D eigenvalue weighted by atomic mass is 10.1. The zero-order valence-corrected chi connectivity index (χ0v) is 10.4. The van der Waals surface area contributed by atoms with E-state index in [1.54, 1.807) is 13.8 Å². The highest BCUT2D eigenvalue weighted by atomic mass is 16.5. The van der Waals surface area contributed by atoms with Crippen LogP contribution in [0, 0.1) is 0 Å². The van der Waals surface area contributed by atoms with Crippen LogP contribution in [0.1, 0.15) is 32.4 Å². The molecule has 3 nitrogen and oxygen atoms in total. The minimum absolute atomic E-state index is 0.296. The first kappa shape index (κ1) is 13.0. The molecule has 1 aromatic carbocycles. The van der Waals surface area contributed by atoms with E-state index in [0.29, 0.717) is 12.6 Å². The van der Waals surface area contributed by atoms with Crippen molar-refractivity contribution in [3.8, 4) is 5.75 Å². The second-order valence-corrected chi connectivity index (χ2v) is 4.68. The van der Waals surface area contributed by atoms with Crippen molar-refractivity contribution in [3.05, 3.63) is 29.8 Å². The van der Waals surface area contributed by atoms with Crippen molar-refractivity contribution in [2.75, 3.05) is 13.7 Å². The van der Waals surface area contributed by atoms with Gasteiger partial charge in [0.2, 0.25) is 0 Å². The van der Waals surface area contributed by atoms with Gasteiger partial charge in [0.25, 0.3) is 0 Å². The van der Waals surface area contributed by atoms with Crippen molar-refractivity contribution in [3.63, 3.8) is 0 Å². The van der Waals surface area contributed by atoms with E-state index in [2.05, 4.69) is 18.3 Å². The molecule has 0 heterocycles. The maximum absolute atomic E-state index is 9.57. The molecule has 16 heavy (non-hydrogen) atoms. The van der Waals surface area contributed by atoms with Gasteiger partial charge in [-0.25, -0.2) is 0 Å². The summed E-state index contributed by atoms with van der Waals surface area (Å²) in [4.78, 5) is 0. The fourth-order valence-corrected chi connectivity index (χ4v) is 1.30. The van der Waals surface area contributed by atoms with Crippen LogP contribution in [0.25, 0.3) is 0 Å².